The number of benzene rings is 8. The van der Waals surface area contributed by atoms with Gasteiger partial charge in [-0.2, -0.15) is 0 Å². The Balaban J connectivity index is 1.21. The van der Waals surface area contributed by atoms with Gasteiger partial charge in [0, 0.05) is 54.5 Å². The van der Waals surface area contributed by atoms with E-state index in [4.69, 9.17) is 8.83 Å². The van der Waals surface area contributed by atoms with Crippen molar-refractivity contribution in [2.24, 2.45) is 0 Å². The van der Waals surface area contributed by atoms with E-state index < -0.39 is 8.07 Å². The van der Waals surface area contributed by atoms with Crippen molar-refractivity contribution in [2.75, 3.05) is 0 Å². The van der Waals surface area contributed by atoms with Crippen LogP contribution < -0.4 is 10.4 Å². The van der Waals surface area contributed by atoms with E-state index in [1.807, 2.05) is 0 Å². The molecule has 0 radical (unpaired) electrons. The van der Waals surface area contributed by atoms with Gasteiger partial charge in [0.15, 0.2) is 0 Å². The van der Waals surface area contributed by atoms with E-state index in [0.717, 1.165) is 55.3 Å². The average Bonchev–Trinajstić information content (AvgIpc) is 3.98. The van der Waals surface area contributed by atoms with Crippen LogP contribution in [-0.4, -0.2) is 17.2 Å². The Morgan fingerprint density at radius 1 is 0.345 bits per heavy atom. The highest BCUT2D eigenvalue weighted by molar-refractivity contribution is 7.03. The molecule has 0 fully saturated rings. The molecule has 55 heavy (non-hydrogen) atoms. The summed E-state index contributed by atoms with van der Waals surface area (Å²) >= 11 is 0. The fourth-order valence-corrected chi connectivity index (χ4v) is 12.2. The Morgan fingerprint density at radius 2 is 0.655 bits per heavy atom. The molecule has 0 saturated carbocycles. The zero-order valence-corrected chi connectivity index (χ0v) is 31.4. The lowest BCUT2D eigenvalue weighted by molar-refractivity contribution is 0.670. The molecule has 0 aliphatic heterocycles. The second-order valence-corrected chi connectivity index (χ2v) is 19.6. The van der Waals surface area contributed by atoms with E-state index in [2.05, 4.69) is 192 Å². The van der Waals surface area contributed by atoms with E-state index in [1.54, 1.807) is 0 Å². The van der Waals surface area contributed by atoms with Crippen molar-refractivity contribution in [2.45, 2.75) is 13.1 Å². The number of aromatic nitrogens is 2. The van der Waals surface area contributed by atoms with Gasteiger partial charge in [0.1, 0.15) is 30.4 Å². The first-order chi connectivity index (χ1) is 27.0. The molecule has 0 amide bonds. The third-order valence-corrected chi connectivity index (χ3v) is 15.4. The van der Waals surface area contributed by atoms with Gasteiger partial charge in [-0.15, -0.1) is 0 Å². The summed E-state index contributed by atoms with van der Waals surface area (Å²) < 4.78 is 18.7. The minimum absolute atomic E-state index is 0.899. The summed E-state index contributed by atoms with van der Waals surface area (Å²) in [7, 11) is -2.68. The Labute approximate surface area is 317 Å². The lowest BCUT2D eigenvalue weighted by atomic mass is 10.1. The third kappa shape index (κ3) is 4.21. The number of para-hydroxylation sites is 6. The Bertz CT molecular complexity index is 3200. The molecule has 4 nitrogen and oxygen atoms in total. The molecule has 5 heteroatoms. The second kappa shape index (κ2) is 11.1. The van der Waals surface area contributed by atoms with Crippen LogP contribution in [0.25, 0.3) is 98.9 Å². The van der Waals surface area contributed by atoms with Crippen molar-refractivity contribution < 1.29 is 8.83 Å². The van der Waals surface area contributed by atoms with Crippen LogP contribution in [0.4, 0.5) is 0 Å². The summed E-state index contributed by atoms with van der Waals surface area (Å²) in [6.45, 7) is 4.92. The van der Waals surface area contributed by atoms with E-state index in [9.17, 15) is 0 Å². The van der Waals surface area contributed by atoms with Gasteiger partial charge in [-0.3, -0.25) is 0 Å². The molecule has 0 aliphatic rings. The molecule has 0 bridgehead atoms. The van der Waals surface area contributed by atoms with E-state index in [0.29, 0.717) is 0 Å². The molecule has 0 aliphatic carbocycles. The van der Waals surface area contributed by atoms with Crippen LogP contribution in [0.3, 0.4) is 0 Å². The first-order valence-corrected chi connectivity index (χ1v) is 21.9. The molecule has 0 saturated heterocycles. The van der Waals surface area contributed by atoms with Gasteiger partial charge in [0.05, 0.1) is 22.1 Å². The van der Waals surface area contributed by atoms with Gasteiger partial charge in [0.25, 0.3) is 0 Å². The van der Waals surface area contributed by atoms with Crippen molar-refractivity contribution in [3.05, 3.63) is 170 Å². The van der Waals surface area contributed by atoms with Crippen molar-refractivity contribution in [1.82, 2.24) is 9.13 Å². The zero-order chi connectivity index (χ0) is 36.4. The number of rotatable bonds is 4. The molecule has 4 aromatic heterocycles. The number of hydrogen-bond donors (Lipinski definition) is 0. The van der Waals surface area contributed by atoms with Gasteiger partial charge in [-0.25, -0.2) is 0 Å². The zero-order valence-electron chi connectivity index (χ0n) is 30.4. The van der Waals surface area contributed by atoms with E-state index in [1.165, 1.54) is 54.0 Å². The highest BCUT2D eigenvalue weighted by atomic mass is 28.3. The Hall–Kier alpha value is -6.82. The monoisotopic (exact) mass is 722 g/mol. The molecular weight excluding hydrogens is 689 g/mol. The third-order valence-electron chi connectivity index (χ3n) is 11.9. The van der Waals surface area contributed by atoms with Crippen LogP contribution in [0.5, 0.6) is 0 Å². The summed E-state index contributed by atoms with van der Waals surface area (Å²) in [5, 5.41) is 12.0. The van der Waals surface area contributed by atoms with Gasteiger partial charge < -0.3 is 18.0 Å². The maximum atomic E-state index is 6.92. The Kier molecular flexibility index (Phi) is 6.18. The number of nitrogens with zero attached hydrogens (tertiary/aromatic N) is 2. The highest BCUT2D eigenvalue weighted by Gasteiger charge is 2.35. The predicted molar refractivity (Wildman–Crippen MR) is 233 cm³/mol. The standard InChI is InChI=1S/C50H34N2O2Si/c1-55(2,47-29-31(27-39-37-19-7-13-25-45(37)53-49(39)47)51-41-21-9-3-15-33(41)34-16-4-10-22-42(34)51)48-30-32(28-40-38-20-8-14-26-46(38)54-50(40)48)52-43-23-11-5-17-35(43)36-18-6-12-24-44(36)52/h3-30H,1-2H3. The van der Waals surface area contributed by atoms with Crippen LogP contribution in [-0.2, 0) is 0 Å². The first-order valence-electron chi connectivity index (χ1n) is 18.9. The summed E-state index contributed by atoms with van der Waals surface area (Å²) in [6, 6.07) is 61.4. The smallest absolute Gasteiger partial charge is 0.135 e. The quantitative estimate of drug-likeness (QED) is 0.170. The SMILES string of the molecule is C[Si](C)(c1cc(-n2c3ccccc3c3ccccc32)cc2c1oc1ccccc12)c1cc(-n2c3ccccc3c3ccccc32)cc2c1oc1ccccc12. The molecule has 260 valence electrons. The number of furan rings is 2. The summed E-state index contributed by atoms with van der Waals surface area (Å²) in [4.78, 5) is 0. The van der Waals surface area contributed by atoms with Gasteiger partial charge in [0.2, 0.25) is 0 Å². The van der Waals surface area contributed by atoms with Crippen LogP contribution in [0.15, 0.2) is 179 Å². The molecule has 0 N–H and O–H groups in total. The number of hydrogen-bond acceptors (Lipinski definition) is 2. The molecule has 12 rings (SSSR count). The molecule has 8 aromatic carbocycles. The lowest BCUT2D eigenvalue weighted by Gasteiger charge is -2.26. The van der Waals surface area contributed by atoms with Gasteiger partial charge in [-0.1, -0.05) is 122 Å². The summed E-state index contributed by atoms with van der Waals surface area (Å²) in [5.41, 5.74) is 10.7. The molecule has 12 aromatic rings. The van der Waals surface area contributed by atoms with E-state index in [-0.39, 0.29) is 0 Å². The molecule has 0 spiro atoms. The normalized spacial score (nSPS) is 12.5. The fourth-order valence-electron chi connectivity index (χ4n) is 9.36. The summed E-state index contributed by atoms with van der Waals surface area (Å²) in [5.74, 6) is 0. The topological polar surface area (TPSA) is 36.1 Å². The first kappa shape index (κ1) is 30.6. The minimum atomic E-state index is -2.68. The molecule has 4 heterocycles. The van der Waals surface area contributed by atoms with Crippen LogP contribution in [0.2, 0.25) is 13.1 Å². The van der Waals surface area contributed by atoms with Gasteiger partial charge >= 0.3 is 0 Å². The van der Waals surface area contributed by atoms with Crippen molar-refractivity contribution in [3.8, 4) is 11.4 Å². The largest absolute Gasteiger partial charge is 0.456 e. The minimum Gasteiger partial charge on any atom is -0.456 e. The maximum absolute atomic E-state index is 6.92. The maximum Gasteiger partial charge on any atom is 0.135 e. The Morgan fingerprint density at radius 3 is 1.02 bits per heavy atom. The van der Waals surface area contributed by atoms with E-state index >= 15 is 0 Å². The van der Waals surface area contributed by atoms with Crippen LogP contribution in [0.1, 0.15) is 0 Å². The predicted octanol–water partition coefficient (Wildman–Crippen LogP) is 12.5. The molecule has 0 atom stereocenters. The van der Waals surface area contributed by atoms with Crippen LogP contribution in [0, 0.1) is 0 Å². The molecular formula is C50H34N2O2Si. The lowest BCUT2D eigenvalue weighted by Crippen LogP contribution is -2.53. The number of fused-ring (bicyclic) bond motifs is 12. The van der Waals surface area contributed by atoms with Gasteiger partial charge in [-0.05, 0) is 71.0 Å². The van der Waals surface area contributed by atoms with Crippen molar-refractivity contribution in [1.29, 1.82) is 0 Å². The fraction of sp³-hybridized carbons (Fsp3) is 0.0400. The highest BCUT2D eigenvalue weighted by Crippen LogP contribution is 2.38. The van der Waals surface area contributed by atoms with Crippen molar-refractivity contribution in [3.63, 3.8) is 0 Å². The van der Waals surface area contributed by atoms with Crippen LogP contribution >= 0.6 is 0 Å². The summed E-state index contributed by atoms with van der Waals surface area (Å²) in [6.07, 6.45) is 0. The molecule has 0 unspecified atom stereocenters. The second-order valence-electron chi connectivity index (χ2n) is 15.3. The average molecular weight is 723 g/mol. The van der Waals surface area contributed by atoms with Crippen molar-refractivity contribution >= 4 is 106 Å².